The first-order valence-corrected chi connectivity index (χ1v) is 11.4. The second-order valence-corrected chi connectivity index (χ2v) is 8.70. The van der Waals surface area contributed by atoms with Crippen LogP contribution in [0.2, 0.25) is 5.02 Å². The summed E-state index contributed by atoms with van der Waals surface area (Å²) in [5, 5.41) is 5.96. The minimum Gasteiger partial charge on any atom is -0.465 e. The van der Waals surface area contributed by atoms with Gasteiger partial charge in [-0.25, -0.2) is 4.72 Å². The molecule has 32 heavy (non-hydrogen) atoms. The highest BCUT2D eigenvalue weighted by atomic mass is 35.5. The molecule has 0 aliphatic carbocycles. The highest BCUT2D eigenvalue weighted by Crippen LogP contribution is 2.27. The van der Waals surface area contributed by atoms with Gasteiger partial charge < -0.3 is 9.30 Å². The largest absolute Gasteiger partial charge is 0.465 e. The summed E-state index contributed by atoms with van der Waals surface area (Å²) in [6.07, 6.45) is 4.42. The molecule has 0 atom stereocenters. The van der Waals surface area contributed by atoms with Crippen LogP contribution in [0.4, 0.5) is 0 Å². The molecule has 0 bridgehead atoms. The fourth-order valence-electron chi connectivity index (χ4n) is 3.17. The van der Waals surface area contributed by atoms with Crippen LogP contribution in [0.25, 0.3) is 22.8 Å². The van der Waals surface area contributed by atoms with Crippen molar-refractivity contribution < 1.29 is 22.7 Å². The van der Waals surface area contributed by atoms with Crippen molar-refractivity contribution in [3.05, 3.63) is 52.8 Å². The number of halogens is 1. The molecule has 10 nitrogen and oxygen atoms in total. The van der Waals surface area contributed by atoms with Crippen LogP contribution in [0.3, 0.4) is 0 Å². The number of fused-ring (bicyclic) bond motifs is 1. The molecule has 1 amide bonds. The molecule has 3 rings (SSSR count). The van der Waals surface area contributed by atoms with E-state index in [1.54, 1.807) is 31.6 Å². The van der Waals surface area contributed by atoms with Gasteiger partial charge in [-0.2, -0.15) is 18.2 Å². The summed E-state index contributed by atoms with van der Waals surface area (Å²) in [5.74, 6) is -0.955. The molecule has 170 valence electrons. The van der Waals surface area contributed by atoms with Crippen LogP contribution >= 0.6 is 11.6 Å². The molecule has 1 aromatic carbocycles. The van der Waals surface area contributed by atoms with E-state index in [1.165, 1.54) is 6.08 Å². The molecule has 0 saturated carbocycles. The molecular formula is C20H22ClN5O5S. The zero-order valence-electron chi connectivity index (χ0n) is 17.6. The molecule has 0 unspecified atom stereocenters. The minimum absolute atomic E-state index is 0.117. The van der Waals surface area contributed by atoms with E-state index in [1.807, 2.05) is 38.4 Å². The molecule has 0 aliphatic rings. The lowest BCUT2D eigenvalue weighted by Gasteiger charge is -2.08. The summed E-state index contributed by atoms with van der Waals surface area (Å²) in [7, 11) is -2.46. The Morgan fingerprint density at radius 2 is 2.03 bits per heavy atom. The van der Waals surface area contributed by atoms with E-state index in [-0.39, 0.29) is 6.61 Å². The van der Waals surface area contributed by atoms with Crippen molar-refractivity contribution >= 4 is 50.7 Å². The Morgan fingerprint density at radius 3 is 2.75 bits per heavy atom. The van der Waals surface area contributed by atoms with Gasteiger partial charge in [0.15, 0.2) is 0 Å². The van der Waals surface area contributed by atoms with Gasteiger partial charge in [-0.1, -0.05) is 11.6 Å². The summed E-state index contributed by atoms with van der Waals surface area (Å²) in [5.41, 5.74) is 2.17. The van der Waals surface area contributed by atoms with Crippen LogP contribution in [-0.4, -0.2) is 47.8 Å². The standard InChI is InChI=1S/C20H22ClN5O5S/c1-4-31-19(28)12-22-32(29,30)24-18(27)8-6-16-13(2)23-25(3)20(16)26-10-9-14-11-15(21)5-7-17(14)26/h5-11,22H,4,12H2,1-3H3,(H,24,27)/b8-6+. The highest BCUT2D eigenvalue weighted by molar-refractivity contribution is 7.88. The quantitative estimate of drug-likeness (QED) is 0.375. The number of aromatic nitrogens is 3. The van der Waals surface area contributed by atoms with Crippen molar-refractivity contribution in [2.24, 2.45) is 7.05 Å². The fourth-order valence-corrected chi connectivity index (χ4v) is 4.06. The van der Waals surface area contributed by atoms with Crippen molar-refractivity contribution in [3.8, 4) is 5.82 Å². The first-order chi connectivity index (χ1) is 15.1. The predicted molar refractivity (Wildman–Crippen MR) is 121 cm³/mol. The summed E-state index contributed by atoms with van der Waals surface area (Å²) >= 11 is 6.07. The van der Waals surface area contributed by atoms with Crippen molar-refractivity contribution in [2.75, 3.05) is 13.2 Å². The lowest BCUT2D eigenvalue weighted by Crippen LogP contribution is -2.42. The smallest absolute Gasteiger partial charge is 0.321 e. The zero-order valence-corrected chi connectivity index (χ0v) is 19.2. The van der Waals surface area contributed by atoms with E-state index < -0.39 is 28.6 Å². The van der Waals surface area contributed by atoms with Gasteiger partial charge in [0, 0.05) is 35.3 Å². The predicted octanol–water partition coefficient (Wildman–Crippen LogP) is 1.85. The van der Waals surface area contributed by atoms with E-state index in [0.29, 0.717) is 22.1 Å². The van der Waals surface area contributed by atoms with E-state index >= 15 is 0 Å². The number of ether oxygens (including phenoxy) is 1. The average Bonchev–Trinajstić information content (AvgIpc) is 3.23. The van der Waals surface area contributed by atoms with Gasteiger partial charge in [-0.3, -0.25) is 14.3 Å². The molecule has 2 heterocycles. The molecule has 2 aromatic heterocycles. The average molecular weight is 480 g/mol. The summed E-state index contributed by atoms with van der Waals surface area (Å²) in [6.45, 7) is 2.91. The number of nitrogens with one attached hydrogen (secondary N) is 2. The van der Waals surface area contributed by atoms with Crippen molar-refractivity contribution in [3.63, 3.8) is 0 Å². The van der Waals surface area contributed by atoms with E-state index in [4.69, 9.17) is 11.6 Å². The number of aryl methyl sites for hydroxylation is 2. The number of nitrogens with zero attached hydrogens (tertiary/aromatic N) is 3. The number of esters is 1. The third-order valence-electron chi connectivity index (χ3n) is 4.47. The summed E-state index contributed by atoms with van der Waals surface area (Å²) < 4.78 is 35.9. The minimum atomic E-state index is -4.23. The number of hydrogen-bond donors (Lipinski definition) is 2. The Bertz CT molecular complexity index is 1310. The summed E-state index contributed by atoms with van der Waals surface area (Å²) in [6, 6.07) is 7.40. The molecule has 0 radical (unpaired) electrons. The van der Waals surface area contributed by atoms with Gasteiger partial charge in [-0.15, -0.1) is 0 Å². The molecular weight excluding hydrogens is 458 g/mol. The highest BCUT2D eigenvalue weighted by Gasteiger charge is 2.17. The lowest BCUT2D eigenvalue weighted by molar-refractivity contribution is -0.141. The second kappa shape index (κ2) is 9.55. The van der Waals surface area contributed by atoms with Crippen molar-refractivity contribution in [1.29, 1.82) is 0 Å². The van der Waals surface area contributed by atoms with Crippen molar-refractivity contribution in [1.82, 2.24) is 23.8 Å². The Morgan fingerprint density at radius 1 is 1.28 bits per heavy atom. The summed E-state index contributed by atoms with van der Waals surface area (Å²) in [4.78, 5) is 23.5. The third kappa shape index (κ3) is 5.36. The molecule has 2 N–H and O–H groups in total. The maximum Gasteiger partial charge on any atom is 0.321 e. The maximum absolute atomic E-state index is 12.2. The van der Waals surface area contributed by atoms with Gasteiger partial charge in [0.1, 0.15) is 12.4 Å². The maximum atomic E-state index is 12.2. The normalized spacial score (nSPS) is 11.9. The molecule has 0 fully saturated rings. The van der Waals surface area contributed by atoms with Crippen LogP contribution in [0, 0.1) is 6.92 Å². The van der Waals surface area contributed by atoms with E-state index in [9.17, 15) is 18.0 Å². The van der Waals surface area contributed by atoms with Crippen molar-refractivity contribution in [2.45, 2.75) is 13.8 Å². The second-order valence-electron chi connectivity index (χ2n) is 6.76. The number of rotatable bonds is 8. The lowest BCUT2D eigenvalue weighted by atomic mass is 10.2. The topological polar surface area (TPSA) is 124 Å². The Hall–Kier alpha value is -3.15. The monoisotopic (exact) mass is 479 g/mol. The molecule has 0 spiro atoms. The molecule has 3 aromatic rings. The van der Waals surface area contributed by atoms with E-state index in [0.717, 1.165) is 17.0 Å². The number of amides is 1. The van der Waals surface area contributed by atoms with Crippen LogP contribution in [-0.2, 0) is 31.6 Å². The fraction of sp³-hybridized carbons (Fsp3) is 0.250. The van der Waals surface area contributed by atoms with Gasteiger partial charge in [0.25, 0.3) is 5.91 Å². The molecule has 12 heteroatoms. The van der Waals surface area contributed by atoms with Crippen LogP contribution < -0.4 is 9.44 Å². The molecule has 0 aliphatic heterocycles. The first-order valence-electron chi connectivity index (χ1n) is 9.57. The molecule has 0 saturated heterocycles. The Kier molecular flexibility index (Phi) is 7.02. The number of benzene rings is 1. The first kappa shape index (κ1) is 23.5. The number of carbonyl (C=O) groups excluding carboxylic acids is 2. The van der Waals surface area contributed by atoms with Crippen LogP contribution in [0.5, 0.6) is 0 Å². The van der Waals surface area contributed by atoms with E-state index in [2.05, 4.69) is 9.84 Å². The van der Waals surface area contributed by atoms with Gasteiger partial charge in [0.2, 0.25) is 0 Å². The van der Waals surface area contributed by atoms with Gasteiger partial charge in [0.05, 0.1) is 17.8 Å². The third-order valence-corrected chi connectivity index (χ3v) is 5.70. The van der Waals surface area contributed by atoms with Gasteiger partial charge in [-0.05, 0) is 44.2 Å². The van der Waals surface area contributed by atoms with Crippen LogP contribution in [0.15, 0.2) is 36.5 Å². The number of carbonyl (C=O) groups is 2. The van der Waals surface area contributed by atoms with Gasteiger partial charge >= 0.3 is 16.2 Å². The zero-order chi connectivity index (χ0) is 23.5. The Balaban J connectivity index is 1.82. The SMILES string of the molecule is CCOC(=O)CNS(=O)(=O)NC(=O)/C=C/c1c(C)nn(C)c1-n1ccc2cc(Cl)ccc21. The Labute approximate surface area is 190 Å². The number of hydrogen-bond acceptors (Lipinski definition) is 6. The van der Waals surface area contributed by atoms with Crippen LogP contribution in [0.1, 0.15) is 18.2 Å².